The first kappa shape index (κ1) is 21.3. The zero-order valence-corrected chi connectivity index (χ0v) is 19.5. The number of tetrazole rings is 1. The fourth-order valence-corrected chi connectivity index (χ4v) is 5.29. The molecule has 1 N–H and O–H groups in total. The van der Waals surface area contributed by atoms with Crippen molar-refractivity contribution < 1.29 is 0 Å². The van der Waals surface area contributed by atoms with Crippen LogP contribution in [0.2, 0.25) is 0 Å². The predicted molar refractivity (Wildman–Crippen MR) is 125 cm³/mol. The van der Waals surface area contributed by atoms with Gasteiger partial charge in [0.25, 0.3) is 5.56 Å². The molecule has 2 aliphatic rings. The van der Waals surface area contributed by atoms with E-state index in [2.05, 4.69) is 76.2 Å². The normalized spacial score (nSPS) is 21.2. The Morgan fingerprint density at radius 3 is 2.81 bits per heavy atom. The molecule has 8 heteroatoms. The first-order valence-corrected chi connectivity index (χ1v) is 11.8. The van der Waals surface area contributed by atoms with Gasteiger partial charge in [0.2, 0.25) is 0 Å². The van der Waals surface area contributed by atoms with Crippen LogP contribution in [-0.2, 0) is 12.0 Å². The molecule has 2 atom stereocenters. The summed E-state index contributed by atoms with van der Waals surface area (Å²) in [5.41, 5.74) is 2.49. The molecule has 32 heavy (non-hydrogen) atoms. The Balaban J connectivity index is 1.66. The Morgan fingerprint density at radius 1 is 1.19 bits per heavy atom. The Kier molecular flexibility index (Phi) is 5.37. The fraction of sp³-hybridized carbons (Fsp3) is 0.583. The maximum atomic E-state index is 13.4. The number of aromatic nitrogens is 5. The number of rotatable bonds is 4. The zero-order chi connectivity index (χ0) is 22.5. The van der Waals surface area contributed by atoms with Gasteiger partial charge in [-0.3, -0.25) is 14.6 Å². The lowest BCUT2D eigenvalue weighted by Gasteiger charge is -2.41. The lowest BCUT2D eigenvalue weighted by molar-refractivity contribution is 0.0772. The van der Waals surface area contributed by atoms with Gasteiger partial charge in [0.15, 0.2) is 5.82 Å². The van der Waals surface area contributed by atoms with E-state index >= 15 is 0 Å². The number of nitrogens with one attached hydrogen (secondary N) is 1. The van der Waals surface area contributed by atoms with E-state index in [-0.39, 0.29) is 17.1 Å². The van der Waals surface area contributed by atoms with Gasteiger partial charge in [-0.05, 0) is 86.2 Å². The Labute approximate surface area is 188 Å². The van der Waals surface area contributed by atoms with E-state index in [0.29, 0.717) is 6.04 Å². The summed E-state index contributed by atoms with van der Waals surface area (Å²) in [6, 6.07) is 8.57. The Morgan fingerprint density at radius 2 is 2.03 bits per heavy atom. The van der Waals surface area contributed by atoms with Crippen LogP contribution < -0.4 is 5.56 Å². The largest absolute Gasteiger partial charge is 0.322 e. The van der Waals surface area contributed by atoms with Gasteiger partial charge in [0.1, 0.15) is 6.04 Å². The van der Waals surface area contributed by atoms with Gasteiger partial charge in [-0.25, -0.2) is 4.68 Å². The van der Waals surface area contributed by atoms with Gasteiger partial charge in [-0.1, -0.05) is 13.0 Å². The van der Waals surface area contributed by atoms with Crippen molar-refractivity contribution in [3.8, 4) is 0 Å². The number of pyridine rings is 1. The van der Waals surface area contributed by atoms with Crippen LogP contribution in [0.15, 0.2) is 29.1 Å². The molecule has 3 aromatic rings. The second-order valence-corrected chi connectivity index (χ2v) is 10.2. The topological polar surface area (TPSA) is 82.9 Å². The summed E-state index contributed by atoms with van der Waals surface area (Å²) in [7, 11) is 0. The van der Waals surface area contributed by atoms with E-state index in [9.17, 15) is 4.79 Å². The lowest BCUT2D eigenvalue weighted by atomic mass is 9.99. The number of aromatic amines is 1. The molecule has 0 aliphatic carbocycles. The quantitative estimate of drug-likeness (QED) is 0.679. The number of hydrogen-bond acceptors (Lipinski definition) is 6. The molecule has 2 aliphatic heterocycles. The van der Waals surface area contributed by atoms with E-state index in [1.54, 1.807) is 0 Å². The third-order valence-electron chi connectivity index (χ3n) is 7.00. The third kappa shape index (κ3) is 3.75. The summed E-state index contributed by atoms with van der Waals surface area (Å²) < 4.78 is 1.88. The zero-order valence-electron chi connectivity index (χ0n) is 19.5. The first-order chi connectivity index (χ1) is 15.3. The number of hydrogen-bond donors (Lipinski definition) is 1. The van der Waals surface area contributed by atoms with Crippen molar-refractivity contribution in [1.29, 1.82) is 0 Å². The first-order valence-electron chi connectivity index (χ1n) is 11.8. The van der Waals surface area contributed by atoms with Crippen LogP contribution in [0.3, 0.4) is 0 Å². The number of aryl methyl sites for hydroxylation is 1. The van der Waals surface area contributed by atoms with E-state index < -0.39 is 0 Å². The van der Waals surface area contributed by atoms with Gasteiger partial charge >= 0.3 is 0 Å². The SMILES string of the molecule is CCc1ccc2[nH]c(=O)c(C(c3nnnn3C(C)(C)C)N3CCN4CCCC4C3)cc2c1. The second-order valence-electron chi connectivity index (χ2n) is 10.2. The molecule has 0 saturated carbocycles. The lowest BCUT2D eigenvalue weighted by Crippen LogP contribution is -2.52. The van der Waals surface area contributed by atoms with Gasteiger partial charge in [-0.15, -0.1) is 5.10 Å². The Hall–Kier alpha value is -2.58. The summed E-state index contributed by atoms with van der Waals surface area (Å²) in [4.78, 5) is 21.5. The average Bonchev–Trinajstić information content (AvgIpc) is 3.43. The molecule has 0 bridgehead atoms. The van der Waals surface area contributed by atoms with Crippen molar-refractivity contribution >= 4 is 10.9 Å². The minimum atomic E-state index is -0.287. The van der Waals surface area contributed by atoms with Crippen molar-refractivity contribution in [3.05, 3.63) is 51.6 Å². The summed E-state index contributed by atoms with van der Waals surface area (Å²) in [6.07, 6.45) is 3.42. The number of piperazine rings is 1. The highest BCUT2D eigenvalue weighted by Gasteiger charge is 2.38. The maximum absolute atomic E-state index is 13.4. The average molecular weight is 436 g/mol. The number of nitrogens with zero attached hydrogens (tertiary/aromatic N) is 6. The summed E-state index contributed by atoms with van der Waals surface area (Å²) >= 11 is 0. The van der Waals surface area contributed by atoms with Gasteiger partial charge in [-0.2, -0.15) is 0 Å². The Bertz CT molecular complexity index is 1180. The molecular weight excluding hydrogens is 402 g/mol. The molecule has 170 valence electrons. The second kappa shape index (κ2) is 8.08. The minimum absolute atomic E-state index is 0.0657. The highest BCUT2D eigenvalue weighted by Crippen LogP contribution is 2.33. The summed E-state index contributed by atoms with van der Waals surface area (Å²) in [5.74, 6) is 0.737. The van der Waals surface area contributed by atoms with Crippen LogP contribution in [0.5, 0.6) is 0 Å². The van der Waals surface area contributed by atoms with Crippen LogP contribution >= 0.6 is 0 Å². The molecule has 1 aromatic carbocycles. The van der Waals surface area contributed by atoms with Crippen molar-refractivity contribution in [2.75, 3.05) is 26.2 Å². The molecule has 2 unspecified atom stereocenters. The smallest absolute Gasteiger partial charge is 0.253 e. The van der Waals surface area contributed by atoms with Crippen molar-refractivity contribution in [2.45, 2.75) is 64.6 Å². The van der Waals surface area contributed by atoms with Gasteiger partial charge in [0.05, 0.1) is 5.54 Å². The number of fused-ring (bicyclic) bond motifs is 2. The maximum Gasteiger partial charge on any atom is 0.253 e. The molecule has 0 amide bonds. The van der Waals surface area contributed by atoms with Crippen molar-refractivity contribution in [1.82, 2.24) is 35.0 Å². The van der Waals surface area contributed by atoms with Crippen LogP contribution in [0, 0.1) is 0 Å². The fourth-order valence-electron chi connectivity index (χ4n) is 5.29. The monoisotopic (exact) mass is 435 g/mol. The molecule has 2 aromatic heterocycles. The van der Waals surface area contributed by atoms with Crippen LogP contribution in [0.25, 0.3) is 10.9 Å². The highest BCUT2D eigenvalue weighted by atomic mass is 16.1. The van der Waals surface area contributed by atoms with Crippen LogP contribution in [0.1, 0.15) is 63.5 Å². The molecule has 0 radical (unpaired) electrons. The molecule has 8 nitrogen and oxygen atoms in total. The van der Waals surface area contributed by atoms with Gasteiger partial charge < -0.3 is 4.98 Å². The third-order valence-corrected chi connectivity index (χ3v) is 7.00. The van der Waals surface area contributed by atoms with E-state index in [1.165, 1.54) is 24.9 Å². The van der Waals surface area contributed by atoms with E-state index in [4.69, 9.17) is 0 Å². The molecule has 4 heterocycles. The number of H-pyrrole nitrogens is 1. The molecular formula is C24H33N7O. The molecule has 2 saturated heterocycles. The summed E-state index contributed by atoms with van der Waals surface area (Å²) in [5, 5.41) is 13.9. The van der Waals surface area contributed by atoms with Crippen LogP contribution in [0.4, 0.5) is 0 Å². The van der Waals surface area contributed by atoms with Crippen molar-refractivity contribution in [2.24, 2.45) is 0 Å². The standard InChI is InChI=1S/C24H33N7O/c1-5-16-8-9-20-17(13-16)14-19(23(32)25-20)21(22-26-27-28-31(22)24(2,3)4)30-12-11-29-10-6-7-18(29)15-30/h8-9,13-14,18,21H,5-7,10-12,15H2,1-4H3,(H,25,32). The predicted octanol–water partition coefficient (Wildman–Crippen LogP) is 2.70. The molecule has 2 fully saturated rings. The van der Waals surface area contributed by atoms with E-state index in [0.717, 1.165) is 48.3 Å². The van der Waals surface area contributed by atoms with E-state index in [1.807, 2.05) is 10.7 Å². The summed E-state index contributed by atoms with van der Waals surface area (Å²) in [6.45, 7) is 12.4. The molecule has 5 rings (SSSR count). The number of benzene rings is 1. The van der Waals surface area contributed by atoms with Gasteiger partial charge in [0, 0.05) is 36.8 Å². The molecule has 0 spiro atoms. The minimum Gasteiger partial charge on any atom is -0.322 e. The van der Waals surface area contributed by atoms with Crippen molar-refractivity contribution in [3.63, 3.8) is 0 Å². The van der Waals surface area contributed by atoms with Crippen LogP contribution in [-0.4, -0.2) is 67.2 Å². The highest BCUT2D eigenvalue weighted by molar-refractivity contribution is 5.80.